The Kier molecular flexibility index (Phi) is 9.81. The van der Waals surface area contributed by atoms with Gasteiger partial charge in [-0.05, 0) is 59.1 Å². The largest absolute Gasteiger partial charge is 0.444 e. The molecule has 5 heteroatoms. The number of nitrogens with zero attached hydrogens (tertiary/aromatic N) is 2. The van der Waals surface area contributed by atoms with E-state index in [1.807, 2.05) is 39.1 Å². The van der Waals surface area contributed by atoms with Gasteiger partial charge in [0.25, 0.3) is 0 Å². The first kappa shape index (κ1) is 23.9. The number of aromatic nitrogens is 1. The predicted octanol–water partition coefficient (Wildman–Crippen LogP) is 5.06. The summed E-state index contributed by atoms with van der Waals surface area (Å²) in [6, 6.07) is 6.03. The fraction of sp³-hybridized carbons (Fsp3) is 0.520. The van der Waals surface area contributed by atoms with Crippen LogP contribution < -0.4 is 5.32 Å². The lowest BCUT2D eigenvalue weighted by molar-refractivity contribution is 0.0522. The van der Waals surface area contributed by atoms with Crippen molar-refractivity contribution < 1.29 is 9.53 Å². The van der Waals surface area contributed by atoms with Crippen LogP contribution in [0.25, 0.3) is 0 Å². The highest BCUT2D eigenvalue weighted by atomic mass is 16.6. The normalized spacial score (nSPS) is 14.6. The minimum absolute atomic E-state index is 0.359. The Morgan fingerprint density at radius 1 is 1.10 bits per heavy atom. The van der Waals surface area contributed by atoms with Crippen LogP contribution in [-0.2, 0) is 11.2 Å². The van der Waals surface area contributed by atoms with E-state index in [1.165, 1.54) is 11.1 Å². The van der Waals surface area contributed by atoms with E-state index in [4.69, 9.17) is 4.74 Å². The molecule has 2 rings (SSSR count). The van der Waals surface area contributed by atoms with Crippen molar-refractivity contribution in [2.24, 2.45) is 0 Å². The molecule has 1 N–H and O–H groups in total. The van der Waals surface area contributed by atoms with E-state index in [2.05, 4.69) is 52.5 Å². The lowest BCUT2D eigenvalue weighted by Gasteiger charge is -2.24. The summed E-state index contributed by atoms with van der Waals surface area (Å²) in [5.41, 5.74) is 3.51. The number of carbonyl (C=O) groups excluding carboxylic acids is 1. The molecule has 164 valence electrons. The third-order valence-electron chi connectivity index (χ3n) is 4.92. The first-order valence-electron chi connectivity index (χ1n) is 10.9. The van der Waals surface area contributed by atoms with Crippen LogP contribution in [0, 0.1) is 0 Å². The standard InChI is InChI=1S/C25H37N3O2/c1-21-9-5-6-10-22(13-12-21)14-18-28(19-15-23-11-7-8-16-26-23)20-17-27-24(29)30-25(2,3)4/h5-11,16H,12-15,17-20H2,1-4H3,(H,27,29). The van der Waals surface area contributed by atoms with Gasteiger partial charge in [-0.1, -0.05) is 41.5 Å². The van der Waals surface area contributed by atoms with Gasteiger partial charge in [0.05, 0.1) is 0 Å². The lowest BCUT2D eigenvalue weighted by Crippen LogP contribution is -2.39. The van der Waals surface area contributed by atoms with Gasteiger partial charge in [-0.15, -0.1) is 0 Å². The molecule has 1 heterocycles. The van der Waals surface area contributed by atoms with Crippen LogP contribution in [0.5, 0.6) is 0 Å². The summed E-state index contributed by atoms with van der Waals surface area (Å²) >= 11 is 0. The van der Waals surface area contributed by atoms with Crippen molar-refractivity contribution in [3.63, 3.8) is 0 Å². The molecule has 30 heavy (non-hydrogen) atoms. The second kappa shape index (κ2) is 12.3. The quantitative estimate of drug-likeness (QED) is 0.617. The van der Waals surface area contributed by atoms with E-state index in [0.29, 0.717) is 6.54 Å². The van der Waals surface area contributed by atoms with Crippen LogP contribution in [0.15, 0.2) is 59.8 Å². The molecule has 0 aliphatic heterocycles. The summed E-state index contributed by atoms with van der Waals surface area (Å²) < 4.78 is 5.34. The minimum atomic E-state index is -0.479. The molecule has 0 atom stereocenters. The molecule has 0 spiro atoms. The van der Waals surface area contributed by atoms with Crippen LogP contribution in [0.1, 0.15) is 52.7 Å². The predicted molar refractivity (Wildman–Crippen MR) is 123 cm³/mol. The smallest absolute Gasteiger partial charge is 0.407 e. The maximum atomic E-state index is 11.9. The molecule has 0 unspecified atom stereocenters. The first-order valence-corrected chi connectivity index (χ1v) is 10.9. The zero-order valence-corrected chi connectivity index (χ0v) is 19.0. The van der Waals surface area contributed by atoms with Gasteiger partial charge in [0.1, 0.15) is 5.60 Å². The van der Waals surface area contributed by atoms with Crippen LogP contribution in [-0.4, -0.2) is 47.8 Å². The minimum Gasteiger partial charge on any atom is -0.444 e. The Morgan fingerprint density at radius 3 is 2.60 bits per heavy atom. The van der Waals surface area contributed by atoms with Gasteiger partial charge in [-0.3, -0.25) is 4.98 Å². The van der Waals surface area contributed by atoms with Crippen molar-refractivity contribution in [3.05, 3.63) is 65.5 Å². The number of nitrogens with one attached hydrogen (secondary N) is 1. The number of carbonyl (C=O) groups is 1. The molecule has 0 bridgehead atoms. The lowest BCUT2D eigenvalue weighted by atomic mass is 10.00. The van der Waals surface area contributed by atoms with Crippen molar-refractivity contribution in [1.82, 2.24) is 15.2 Å². The van der Waals surface area contributed by atoms with Crippen LogP contribution in [0.4, 0.5) is 4.79 Å². The molecule has 0 saturated heterocycles. The number of alkyl carbamates (subject to hydrolysis) is 1. The highest BCUT2D eigenvalue weighted by molar-refractivity contribution is 5.67. The molecular weight excluding hydrogens is 374 g/mol. The highest BCUT2D eigenvalue weighted by Crippen LogP contribution is 2.17. The van der Waals surface area contributed by atoms with Crippen molar-refractivity contribution in [1.29, 1.82) is 0 Å². The van der Waals surface area contributed by atoms with Gasteiger partial charge in [0, 0.05) is 44.5 Å². The monoisotopic (exact) mass is 411 g/mol. The van der Waals surface area contributed by atoms with Gasteiger partial charge in [0.15, 0.2) is 0 Å². The van der Waals surface area contributed by atoms with Crippen LogP contribution >= 0.6 is 0 Å². The fourth-order valence-electron chi connectivity index (χ4n) is 3.23. The maximum Gasteiger partial charge on any atom is 0.407 e. The highest BCUT2D eigenvalue weighted by Gasteiger charge is 2.16. The Hall–Kier alpha value is -2.40. The fourth-order valence-corrected chi connectivity index (χ4v) is 3.23. The second-order valence-corrected chi connectivity index (χ2v) is 8.81. The Labute approximate surface area is 181 Å². The van der Waals surface area contributed by atoms with E-state index in [9.17, 15) is 4.79 Å². The van der Waals surface area contributed by atoms with Gasteiger partial charge in [-0.2, -0.15) is 0 Å². The SMILES string of the molecule is CC1=CC=CC=C(CCN(CCNC(=O)OC(C)(C)C)CCc2ccccn2)CC1. The number of rotatable bonds is 9. The number of amides is 1. The van der Waals surface area contributed by atoms with E-state index >= 15 is 0 Å². The van der Waals surface area contributed by atoms with E-state index < -0.39 is 5.60 Å². The second-order valence-electron chi connectivity index (χ2n) is 8.81. The number of ether oxygens (including phenoxy) is 1. The van der Waals surface area contributed by atoms with Crippen molar-refractivity contribution in [2.75, 3.05) is 26.2 Å². The number of hydrogen-bond donors (Lipinski definition) is 1. The van der Waals surface area contributed by atoms with Crippen LogP contribution in [0.2, 0.25) is 0 Å². The van der Waals surface area contributed by atoms with Crippen molar-refractivity contribution in [3.8, 4) is 0 Å². The van der Waals surface area contributed by atoms with Crippen LogP contribution in [0.3, 0.4) is 0 Å². The van der Waals surface area contributed by atoms with Gasteiger partial charge >= 0.3 is 6.09 Å². The summed E-state index contributed by atoms with van der Waals surface area (Å²) in [5.74, 6) is 0. The average Bonchev–Trinajstić information content (AvgIpc) is 2.67. The molecule has 1 aromatic rings. The van der Waals surface area contributed by atoms with Gasteiger partial charge < -0.3 is 15.0 Å². The summed E-state index contributed by atoms with van der Waals surface area (Å²) in [4.78, 5) is 18.8. The third-order valence-corrected chi connectivity index (χ3v) is 4.92. The number of allylic oxidation sites excluding steroid dienone is 5. The molecule has 1 aliphatic carbocycles. The summed E-state index contributed by atoms with van der Waals surface area (Å²) in [5, 5.41) is 2.88. The maximum absolute atomic E-state index is 11.9. The Morgan fingerprint density at radius 2 is 1.87 bits per heavy atom. The zero-order valence-electron chi connectivity index (χ0n) is 19.0. The number of hydrogen-bond acceptors (Lipinski definition) is 4. The molecule has 0 radical (unpaired) electrons. The summed E-state index contributed by atoms with van der Waals surface area (Å²) in [6.07, 6.45) is 14.3. The van der Waals surface area contributed by atoms with Crippen molar-refractivity contribution >= 4 is 6.09 Å². The number of pyridine rings is 1. The molecule has 0 aromatic carbocycles. The summed E-state index contributed by atoms with van der Waals surface area (Å²) in [6.45, 7) is 11.0. The molecule has 1 amide bonds. The topological polar surface area (TPSA) is 54.5 Å². The molecule has 1 aromatic heterocycles. The van der Waals surface area contributed by atoms with Crippen molar-refractivity contribution in [2.45, 2.75) is 59.0 Å². The average molecular weight is 412 g/mol. The molecule has 5 nitrogen and oxygen atoms in total. The molecule has 1 aliphatic rings. The van der Waals surface area contributed by atoms with Gasteiger partial charge in [0.2, 0.25) is 0 Å². The van der Waals surface area contributed by atoms with Gasteiger partial charge in [-0.25, -0.2) is 4.79 Å². The molecule has 0 fully saturated rings. The van der Waals surface area contributed by atoms with E-state index in [-0.39, 0.29) is 6.09 Å². The van der Waals surface area contributed by atoms with E-state index in [0.717, 1.165) is 51.0 Å². The molecular formula is C25H37N3O2. The van der Waals surface area contributed by atoms with E-state index in [1.54, 1.807) is 0 Å². The summed E-state index contributed by atoms with van der Waals surface area (Å²) in [7, 11) is 0. The Bertz CT molecular complexity index is 745. The first-order chi connectivity index (χ1) is 14.3. The zero-order chi connectivity index (χ0) is 21.8. The third kappa shape index (κ3) is 10.4. The molecule has 0 saturated carbocycles. The Balaban J connectivity index is 1.87.